The third-order valence-corrected chi connectivity index (χ3v) is 5.23. The second-order valence-electron chi connectivity index (χ2n) is 6.88. The van der Waals surface area contributed by atoms with Gasteiger partial charge in [-0.2, -0.15) is 0 Å². The lowest BCUT2D eigenvalue weighted by Crippen LogP contribution is -2.43. The summed E-state index contributed by atoms with van der Waals surface area (Å²) in [5.74, 6) is -0.825. The van der Waals surface area contributed by atoms with Crippen LogP contribution >= 0.6 is 0 Å². The zero-order valence-electron chi connectivity index (χ0n) is 14.2. The smallest absolute Gasteiger partial charge is 0.253 e. The second kappa shape index (κ2) is 7.79. The molecule has 0 aromatic heterocycles. The van der Waals surface area contributed by atoms with Gasteiger partial charge >= 0.3 is 0 Å². The number of carbonyl (C=O) groups is 1. The van der Waals surface area contributed by atoms with Gasteiger partial charge in [-0.05, 0) is 36.1 Å². The molecule has 1 aliphatic carbocycles. The van der Waals surface area contributed by atoms with Crippen LogP contribution in [0, 0.1) is 5.82 Å². The molecular formula is C21H24FNO2. The number of amides is 1. The third-order valence-electron chi connectivity index (χ3n) is 5.23. The predicted octanol–water partition coefficient (Wildman–Crippen LogP) is 3.88. The highest BCUT2D eigenvalue weighted by molar-refractivity contribution is 5.82. The van der Waals surface area contributed by atoms with E-state index in [4.69, 9.17) is 0 Å². The molecule has 0 bridgehead atoms. The molecule has 2 N–H and O–H groups in total. The first kappa shape index (κ1) is 17.6. The van der Waals surface area contributed by atoms with E-state index in [2.05, 4.69) is 17.4 Å². The van der Waals surface area contributed by atoms with Gasteiger partial charge in [0.1, 0.15) is 5.82 Å². The summed E-state index contributed by atoms with van der Waals surface area (Å²) < 4.78 is 13.0. The van der Waals surface area contributed by atoms with E-state index in [0.29, 0.717) is 12.1 Å². The maximum atomic E-state index is 13.0. The van der Waals surface area contributed by atoms with Crippen LogP contribution in [0.1, 0.15) is 49.3 Å². The molecule has 2 aromatic rings. The van der Waals surface area contributed by atoms with Gasteiger partial charge in [0.05, 0.1) is 0 Å². The van der Waals surface area contributed by atoms with Crippen molar-refractivity contribution in [3.05, 3.63) is 71.5 Å². The van der Waals surface area contributed by atoms with Crippen molar-refractivity contribution in [2.75, 3.05) is 6.54 Å². The van der Waals surface area contributed by atoms with Crippen molar-refractivity contribution in [1.82, 2.24) is 5.32 Å². The van der Waals surface area contributed by atoms with Crippen LogP contribution in [0.15, 0.2) is 54.6 Å². The first-order valence-electron chi connectivity index (χ1n) is 8.87. The van der Waals surface area contributed by atoms with Crippen molar-refractivity contribution >= 4 is 5.91 Å². The lowest BCUT2D eigenvalue weighted by molar-refractivity contribution is -0.130. The quantitative estimate of drug-likeness (QED) is 0.867. The number of benzene rings is 2. The number of aliphatic hydroxyl groups excluding tert-OH is 1. The summed E-state index contributed by atoms with van der Waals surface area (Å²) in [6.07, 6.45) is 4.29. The second-order valence-corrected chi connectivity index (χ2v) is 6.88. The normalized spacial score (nSPS) is 17.7. The number of halogens is 1. The van der Waals surface area contributed by atoms with Crippen LogP contribution in [0.2, 0.25) is 0 Å². The topological polar surface area (TPSA) is 49.3 Å². The van der Waals surface area contributed by atoms with E-state index in [1.165, 1.54) is 36.2 Å². The fourth-order valence-electron chi connectivity index (χ4n) is 3.74. The number of hydrogen-bond acceptors (Lipinski definition) is 2. The molecule has 4 heteroatoms. The number of nitrogens with one attached hydrogen (secondary N) is 1. The minimum Gasteiger partial charge on any atom is -0.378 e. The summed E-state index contributed by atoms with van der Waals surface area (Å²) in [5, 5.41) is 13.2. The Hall–Kier alpha value is -2.20. The molecule has 1 saturated carbocycles. The van der Waals surface area contributed by atoms with Gasteiger partial charge in [-0.15, -0.1) is 0 Å². The maximum Gasteiger partial charge on any atom is 0.253 e. The van der Waals surface area contributed by atoms with E-state index in [1.807, 2.05) is 18.2 Å². The van der Waals surface area contributed by atoms with Gasteiger partial charge in [0.15, 0.2) is 6.10 Å². The van der Waals surface area contributed by atoms with Crippen molar-refractivity contribution in [2.24, 2.45) is 0 Å². The molecule has 3 rings (SSSR count). The summed E-state index contributed by atoms with van der Waals surface area (Å²) in [6.45, 7) is 0.508. The van der Waals surface area contributed by atoms with E-state index >= 15 is 0 Å². The van der Waals surface area contributed by atoms with Gasteiger partial charge in [-0.3, -0.25) is 4.79 Å². The molecule has 2 aromatic carbocycles. The first-order chi connectivity index (χ1) is 12.1. The summed E-state index contributed by atoms with van der Waals surface area (Å²) in [5.41, 5.74) is 1.57. The average molecular weight is 341 g/mol. The van der Waals surface area contributed by atoms with E-state index in [1.54, 1.807) is 0 Å². The molecule has 25 heavy (non-hydrogen) atoms. The van der Waals surface area contributed by atoms with Crippen LogP contribution in [0.25, 0.3) is 0 Å². The lowest BCUT2D eigenvalue weighted by atomic mass is 9.69. The van der Waals surface area contributed by atoms with Gasteiger partial charge in [-0.25, -0.2) is 4.39 Å². The Morgan fingerprint density at radius 3 is 2.32 bits per heavy atom. The van der Waals surface area contributed by atoms with Crippen LogP contribution in [-0.2, 0) is 10.2 Å². The largest absolute Gasteiger partial charge is 0.378 e. The Bertz CT molecular complexity index is 694. The molecule has 0 spiro atoms. The van der Waals surface area contributed by atoms with E-state index in [0.717, 1.165) is 25.7 Å². The summed E-state index contributed by atoms with van der Waals surface area (Å²) in [6, 6.07) is 15.7. The van der Waals surface area contributed by atoms with Gasteiger partial charge in [-0.1, -0.05) is 61.7 Å². The molecule has 1 amide bonds. The number of hydrogen-bond donors (Lipinski definition) is 2. The van der Waals surface area contributed by atoms with Crippen molar-refractivity contribution in [2.45, 2.75) is 43.6 Å². The average Bonchev–Trinajstić information content (AvgIpc) is 2.67. The Labute approximate surface area is 147 Å². The van der Waals surface area contributed by atoms with Crippen molar-refractivity contribution in [3.63, 3.8) is 0 Å². The molecule has 132 valence electrons. The number of carbonyl (C=O) groups excluding carboxylic acids is 1. The molecule has 3 nitrogen and oxygen atoms in total. The molecule has 0 radical (unpaired) electrons. The van der Waals surface area contributed by atoms with Crippen molar-refractivity contribution in [3.8, 4) is 0 Å². The van der Waals surface area contributed by atoms with E-state index < -0.39 is 12.0 Å². The molecule has 0 unspecified atom stereocenters. The summed E-state index contributed by atoms with van der Waals surface area (Å²) in [7, 11) is 0. The highest BCUT2D eigenvalue weighted by Gasteiger charge is 2.34. The summed E-state index contributed by atoms with van der Waals surface area (Å²) >= 11 is 0. The van der Waals surface area contributed by atoms with Gasteiger partial charge < -0.3 is 10.4 Å². The maximum absolute atomic E-state index is 13.0. The highest BCUT2D eigenvalue weighted by Crippen LogP contribution is 2.39. The predicted molar refractivity (Wildman–Crippen MR) is 95.6 cm³/mol. The minimum absolute atomic E-state index is 0.0717. The zero-order valence-corrected chi connectivity index (χ0v) is 14.2. The molecule has 1 fully saturated rings. The molecule has 0 aliphatic heterocycles. The molecule has 1 atom stereocenters. The van der Waals surface area contributed by atoms with Gasteiger partial charge in [0.2, 0.25) is 0 Å². The zero-order chi connectivity index (χ0) is 17.7. The van der Waals surface area contributed by atoms with Crippen molar-refractivity contribution in [1.29, 1.82) is 0 Å². The first-order valence-corrected chi connectivity index (χ1v) is 8.87. The molecule has 0 heterocycles. The van der Waals surface area contributed by atoms with Gasteiger partial charge in [0, 0.05) is 12.0 Å². The Kier molecular flexibility index (Phi) is 5.49. The van der Waals surface area contributed by atoms with E-state index in [9.17, 15) is 14.3 Å². The monoisotopic (exact) mass is 341 g/mol. The Balaban J connectivity index is 1.70. The molecule has 0 saturated heterocycles. The minimum atomic E-state index is -1.28. The van der Waals surface area contributed by atoms with Crippen LogP contribution in [-0.4, -0.2) is 17.6 Å². The van der Waals surface area contributed by atoms with Crippen LogP contribution in [0.4, 0.5) is 4.39 Å². The third kappa shape index (κ3) is 4.07. The van der Waals surface area contributed by atoms with Crippen LogP contribution in [0.3, 0.4) is 0 Å². The number of rotatable bonds is 5. The fraction of sp³-hybridized carbons (Fsp3) is 0.381. The Morgan fingerprint density at radius 1 is 1.04 bits per heavy atom. The summed E-state index contributed by atoms with van der Waals surface area (Å²) in [4.78, 5) is 12.4. The van der Waals surface area contributed by atoms with E-state index in [-0.39, 0.29) is 11.2 Å². The fourth-order valence-corrected chi connectivity index (χ4v) is 3.74. The highest BCUT2D eigenvalue weighted by atomic mass is 19.1. The Morgan fingerprint density at radius 2 is 1.68 bits per heavy atom. The molecular weight excluding hydrogens is 317 g/mol. The molecule has 1 aliphatic rings. The van der Waals surface area contributed by atoms with Crippen molar-refractivity contribution < 1.29 is 14.3 Å². The van der Waals surface area contributed by atoms with Gasteiger partial charge in [0.25, 0.3) is 5.91 Å². The lowest BCUT2D eigenvalue weighted by Gasteiger charge is -2.38. The SMILES string of the molecule is O=C(NCC1(c2ccccc2)CCCCC1)[C@H](O)c1ccc(F)cc1. The standard InChI is InChI=1S/C21H24FNO2/c22-18-11-9-16(10-12-18)19(24)20(25)23-15-21(13-5-2-6-14-21)17-7-3-1-4-8-17/h1,3-4,7-12,19,24H,2,5-6,13-15H2,(H,23,25)/t19-/m1/s1. The van der Waals surface area contributed by atoms with Crippen LogP contribution in [0.5, 0.6) is 0 Å². The van der Waals surface area contributed by atoms with Crippen LogP contribution < -0.4 is 5.32 Å². The number of aliphatic hydroxyl groups is 1.